The summed E-state index contributed by atoms with van der Waals surface area (Å²) < 4.78 is 5.14. The molecule has 0 radical (unpaired) electrons. The van der Waals surface area contributed by atoms with Gasteiger partial charge in [0.05, 0.1) is 10.8 Å². The van der Waals surface area contributed by atoms with Crippen molar-refractivity contribution in [2.75, 3.05) is 5.32 Å². The number of carbonyl (C=O) groups is 1. The molecule has 128 valence electrons. The Morgan fingerprint density at radius 2 is 1.62 bits per heavy atom. The number of benzene rings is 2. The Balaban J connectivity index is 1.75. The van der Waals surface area contributed by atoms with Gasteiger partial charge in [-0.05, 0) is 30.3 Å². The van der Waals surface area contributed by atoms with Crippen molar-refractivity contribution >= 4 is 33.3 Å². The lowest BCUT2D eigenvalue weighted by atomic mass is 10.1. The quantitative estimate of drug-likeness (QED) is 0.474. The second kappa shape index (κ2) is 5.85. The Bertz CT molecular complexity index is 1350. The second-order valence-electron chi connectivity index (χ2n) is 5.61. The van der Waals surface area contributed by atoms with Gasteiger partial charge in [0.1, 0.15) is 11.1 Å². The third-order valence-electron chi connectivity index (χ3n) is 3.94. The first kappa shape index (κ1) is 15.6. The van der Waals surface area contributed by atoms with Crippen LogP contribution in [0.3, 0.4) is 0 Å². The van der Waals surface area contributed by atoms with E-state index in [-0.39, 0.29) is 22.0 Å². The molecule has 0 saturated heterocycles. The number of nitrogens with one attached hydrogen (secondary N) is 3. The standard InChI is InChI=1S/C18H11N3O5/c22-15(13-7-9-3-1-2-4-14(9)26-18(13)25)19-10-5-6-11-12(8-10)17(24)21-20-16(11)23/h1-8H,(H,19,22)(H,20,23)(H,21,24). The fourth-order valence-electron chi connectivity index (χ4n) is 2.67. The van der Waals surface area contributed by atoms with Crippen molar-refractivity contribution in [2.24, 2.45) is 0 Å². The highest BCUT2D eigenvalue weighted by Gasteiger charge is 2.14. The molecule has 0 aliphatic rings. The van der Waals surface area contributed by atoms with Crippen molar-refractivity contribution < 1.29 is 9.21 Å². The topological polar surface area (TPSA) is 125 Å². The van der Waals surface area contributed by atoms with Gasteiger partial charge in [0, 0.05) is 11.1 Å². The molecule has 3 N–H and O–H groups in total. The molecular formula is C18H11N3O5. The van der Waals surface area contributed by atoms with Crippen molar-refractivity contribution in [1.82, 2.24) is 10.2 Å². The van der Waals surface area contributed by atoms with Crippen LogP contribution in [-0.2, 0) is 0 Å². The van der Waals surface area contributed by atoms with Crippen LogP contribution in [-0.4, -0.2) is 16.1 Å². The van der Waals surface area contributed by atoms with E-state index >= 15 is 0 Å². The smallest absolute Gasteiger partial charge is 0.349 e. The minimum atomic E-state index is -0.767. The Kier molecular flexibility index (Phi) is 3.51. The molecule has 1 amide bonds. The Hall–Kier alpha value is -3.94. The molecule has 2 aromatic heterocycles. The van der Waals surface area contributed by atoms with Gasteiger partial charge in [-0.25, -0.2) is 4.79 Å². The van der Waals surface area contributed by atoms with Crippen molar-refractivity contribution in [2.45, 2.75) is 0 Å². The normalized spacial score (nSPS) is 10.9. The lowest BCUT2D eigenvalue weighted by molar-refractivity contribution is 0.102. The summed E-state index contributed by atoms with van der Waals surface area (Å²) in [5.74, 6) is -0.676. The molecule has 26 heavy (non-hydrogen) atoms. The fraction of sp³-hybridized carbons (Fsp3) is 0. The van der Waals surface area contributed by atoms with Gasteiger partial charge in [-0.3, -0.25) is 24.6 Å². The Labute approximate surface area is 144 Å². The number of aromatic amines is 2. The summed E-state index contributed by atoms with van der Waals surface area (Å²) in [5.41, 5.74) is -1.23. The summed E-state index contributed by atoms with van der Waals surface area (Å²) in [6.07, 6.45) is 0. The first-order valence-corrected chi connectivity index (χ1v) is 7.62. The molecule has 0 bridgehead atoms. The maximum Gasteiger partial charge on any atom is 0.349 e. The van der Waals surface area contributed by atoms with Crippen LogP contribution in [0.5, 0.6) is 0 Å². The van der Waals surface area contributed by atoms with Gasteiger partial charge in [-0.1, -0.05) is 18.2 Å². The number of rotatable bonds is 2. The average molecular weight is 349 g/mol. The van der Waals surface area contributed by atoms with Crippen LogP contribution < -0.4 is 22.1 Å². The SMILES string of the molecule is O=C(Nc1ccc2c(=O)[nH][nH]c(=O)c2c1)c1cc2ccccc2oc1=O. The van der Waals surface area contributed by atoms with E-state index in [0.29, 0.717) is 11.0 Å². The highest BCUT2D eigenvalue weighted by molar-refractivity contribution is 6.06. The molecule has 4 aromatic rings. The molecule has 0 saturated carbocycles. The number of amides is 1. The maximum absolute atomic E-state index is 12.4. The van der Waals surface area contributed by atoms with Crippen molar-refractivity contribution in [1.29, 1.82) is 0 Å². The van der Waals surface area contributed by atoms with Crippen molar-refractivity contribution in [3.63, 3.8) is 0 Å². The van der Waals surface area contributed by atoms with Gasteiger partial charge in [-0.15, -0.1) is 0 Å². The number of hydrogen-bond donors (Lipinski definition) is 3. The molecule has 2 aromatic carbocycles. The highest BCUT2D eigenvalue weighted by Crippen LogP contribution is 2.16. The zero-order valence-corrected chi connectivity index (χ0v) is 13.2. The monoisotopic (exact) mass is 349 g/mol. The zero-order valence-electron chi connectivity index (χ0n) is 13.2. The van der Waals surface area contributed by atoms with E-state index in [1.807, 2.05) is 0 Å². The molecule has 0 atom stereocenters. The van der Waals surface area contributed by atoms with Gasteiger partial charge < -0.3 is 9.73 Å². The maximum atomic E-state index is 12.4. The molecule has 0 aliphatic heterocycles. The predicted octanol–water partition coefficient (Wildman–Crippen LogP) is 1.58. The van der Waals surface area contributed by atoms with Crippen molar-refractivity contribution in [3.8, 4) is 0 Å². The van der Waals surface area contributed by atoms with Crippen LogP contribution in [0, 0.1) is 0 Å². The van der Waals surface area contributed by atoms with E-state index in [2.05, 4.69) is 15.5 Å². The van der Waals surface area contributed by atoms with Gasteiger partial charge in [0.15, 0.2) is 0 Å². The second-order valence-corrected chi connectivity index (χ2v) is 5.61. The zero-order chi connectivity index (χ0) is 18.3. The van der Waals surface area contributed by atoms with E-state index in [0.717, 1.165) is 0 Å². The van der Waals surface area contributed by atoms with E-state index in [1.54, 1.807) is 24.3 Å². The van der Waals surface area contributed by atoms with E-state index in [1.165, 1.54) is 24.3 Å². The van der Waals surface area contributed by atoms with Gasteiger partial charge in [0.2, 0.25) is 0 Å². The molecule has 4 rings (SSSR count). The number of fused-ring (bicyclic) bond motifs is 2. The number of hydrogen-bond acceptors (Lipinski definition) is 5. The molecule has 0 spiro atoms. The minimum absolute atomic E-state index is 0.122. The number of aromatic nitrogens is 2. The summed E-state index contributed by atoms with van der Waals surface area (Å²) in [5, 5.41) is 7.89. The Morgan fingerprint density at radius 3 is 2.42 bits per heavy atom. The van der Waals surface area contributed by atoms with E-state index in [4.69, 9.17) is 4.42 Å². The third-order valence-corrected chi connectivity index (χ3v) is 3.94. The average Bonchev–Trinajstić information content (AvgIpc) is 2.64. The molecule has 8 nitrogen and oxygen atoms in total. The van der Waals surface area contributed by atoms with E-state index in [9.17, 15) is 19.2 Å². The highest BCUT2D eigenvalue weighted by atomic mass is 16.4. The largest absolute Gasteiger partial charge is 0.422 e. The lowest BCUT2D eigenvalue weighted by Crippen LogP contribution is -2.22. The molecule has 0 fully saturated rings. The molecule has 0 aliphatic carbocycles. The van der Waals surface area contributed by atoms with Crippen LogP contribution in [0.15, 0.2) is 67.3 Å². The van der Waals surface area contributed by atoms with Gasteiger partial charge in [0.25, 0.3) is 17.0 Å². The first-order valence-electron chi connectivity index (χ1n) is 7.62. The summed E-state index contributed by atoms with van der Waals surface area (Å²) in [7, 11) is 0. The number of anilines is 1. The summed E-state index contributed by atoms with van der Waals surface area (Å²) in [6.45, 7) is 0. The molecule has 2 heterocycles. The van der Waals surface area contributed by atoms with Crippen LogP contribution in [0.4, 0.5) is 5.69 Å². The number of H-pyrrole nitrogens is 2. The van der Waals surface area contributed by atoms with Crippen LogP contribution in [0.25, 0.3) is 21.7 Å². The molecular weight excluding hydrogens is 338 g/mol. The number of para-hydroxylation sites is 1. The lowest BCUT2D eigenvalue weighted by Gasteiger charge is -2.06. The third kappa shape index (κ3) is 2.59. The van der Waals surface area contributed by atoms with Crippen molar-refractivity contribution in [3.05, 3.63) is 85.2 Å². The van der Waals surface area contributed by atoms with Gasteiger partial charge >= 0.3 is 5.63 Å². The minimum Gasteiger partial charge on any atom is -0.422 e. The first-order chi connectivity index (χ1) is 12.5. The Morgan fingerprint density at radius 1 is 0.885 bits per heavy atom. The predicted molar refractivity (Wildman–Crippen MR) is 95.6 cm³/mol. The number of carbonyl (C=O) groups excluding carboxylic acids is 1. The van der Waals surface area contributed by atoms with Crippen LogP contribution in [0.2, 0.25) is 0 Å². The molecule has 0 unspecified atom stereocenters. The van der Waals surface area contributed by atoms with Gasteiger partial charge in [-0.2, -0.15) is 0 Å². The fourth-order valence-corrected chi connectivity index (χ4v) is 2.67. The summed E-state index contributed by atoms with van der Waals surface area (Å²) >= 11 is 0. The summed E-state index contributed by atoms with van der Waals surface area (Å²) in [4.78, 5) is 48.0. The molecule has 8 heteroatoms. The van der Waals surface area contributed by atoms with Crippen LogP contribution >= 0.6 is 0 Å². The van der Waals surface area contributed by atoms with E-state index < -0.39 is 22.7 Å². The summed E-state index contributed by atoms with van der Waals surface area (Å²) in [6, 6.07) is 12.5. The van der Waals surface area contributed by atoms with Crippen LogP contribution in [0.1, 0.15) is 10.4 Å².